The third-order valence-electron chi connectivity index (χ3n) is 11.3. The maximum atomic E-state index is 11.8. The number of nitrogens with zero attached hydrogens (tertiary/aromatic N) is 6. The van der Waals surface area contributed by atoms with Gasteiger partial charge in [0.1, 0.15) is 11.9 Å². The van der Waals surface area contributed by atoms with E-state index in [2.05, 4.69) is 42.0 Å². The number of piperazine rings is 1. The Bertz CT molecular complexity index is 1580. The van der Waals surface area contributed by atoms with Gasteiger partial charge in [0.25, 0.3) is 0 Å². The molecule has 5 heterocycles. The number of fused-ring (bicyclic) bond motifs is 2. The quantitative estimate of drug-likeness (QED) is 0.365. The molecule has 3 aliphatic heterocycles. The number of piperidine rings is 1. The lowest BCUT2D eigenvalue weighted by Crippen LogP contribution is -2.59. The number of para-hydroxylation sites is 1. The van der Waals surface area contributed by atoms with Gasteiger partial charge in [-0.05, 0) is 81.0 Å². The molecule has 242 valence electrons. The van der Waals surface area contributed by atoms with Crippen LogP contribution in [0.5, 0.6) is 11.6 Å². The maximum absolute atomic E-state index is 11.8. The second-order valence-corrected chi connectivity index (χ2v) is 14.1. The first-order chi connectivity index (χ1) is 22.4. The minimum absolute atomic E-state index is 0.0347. The number of carbonyl (C=O) groups is 1. The molecule has 2 aliphatic carbocycles. The lowest BCUT2D eigenvalue weighted by atomic mass is 9.49. The standard InChI is InChI=1S/C35H43N7O4/c1-45-34(44)22-16-35(17-22)18-26(19-35)40-12-9-27(10-13-40)46-32-14-23(8-11-37-32)42-24-6-7-25(42)21-41(20-24)30-15-29(38-39-33(30)36)28-4-2-3-5-31(28)43/h2-5,8,11,14-15,22,24-27,43H,6-7,9-10,12-13,16-21H2,1H3,(H2,36,39). The summed E-state index contributed by atoms with van der Waals surface area (Å²) in [7, 11) is 1.49. The second-order valence-electron chi connectivity index (χ2n) is 14.1. The lowest BCUT2D eigenvalue weighted by Gasteiger charge is -2.60. The molecule has 3 N–H and O–H groups in total. The van der Waals surface area contributed by atoms with Crippen LogP contribution in [0.25, 0.3) is 11.3 Å². The van der Waals surface area contributed by atoms with Crippen LogP contribution in [-0.4, -0.2) is 88.7 Å². The molecule has 2 saturated carbocycles. The van der Waals surface area contributed by atoms with Crippen molar-refractivity contribution in [3.63, 3.8) is 0 Å². The number of hydrogen-bond acceptors (Lipinski definition) is 11. The number of hydrogen-bond donors (Lipinski definition) is 2. The summed E-state index contributed by atoms with van der Waals surface area (Å²) in [5.74, 6) is 1.38. The van der Waals surface area contributed by atoms with Crippen LogP contribution in [-0.2, 0) is 9.53 Å². The number of methoxy groups -OCH3 is 1. The summed E-state index contributed by atoms with van der Waals surface area (Å²) >= 11 is 0. The van der Waals surface area contributed by atoms with E-state index in [-0.39, 0.29) is 23.7 Å². The van der Waals surface area contributed by atoms with Crippen molar-refractivity contribution < 1.29 is 19.4 Å². The van der Waals surface area contributed by atoms with Crippen LogP contribution in [0, 0.1) is 11.3 Å². The van der Waals surface area contributed by atoms with Crippen LogP contribution < -0.4 is 20.3 Å². The van der Waals surface area contributed by atoms with Gasteiger partial charge in [0.05, 0.1) is 24.4 Å². The van der Waals surface area contributed by atoms with Crippen LogP contribution in [0.4, 0.5) is 17.2 Å². The van der Waals surface area contributed by atoms with Gasteiger partial charge in [0.15, 0.2) is 5.82 Å². The average Bonchev–Trinajstić information content (AvgIpc) is 3.30. The molecule has 1 spiro atoms. The van der Waals surface area contributed by atoms with E-state index in [1.54, 1.807) is 12.1 Å². The van der Waals surface area contributed by atoms with Gasteiger partial charge in [-0.25, -0.2) is 4.98 Å². The lowest BCUT2D eigenvalue weighted by molar-refractivity contribution is -0.163. The van der Waals surface area contributed by atoms with Crippen molar-refractivity contribution >= 4 is 23.2 Å². The summed E-state index contributed by atoms with van der Waals surface area (Å²) in [6, 6.07) is 14.7. The predicted octanol–water partition coefficient (Wildman–Crippen LogP) is 4.26. The number of carbonyl (C=O) groups excluding carboxylic acids is 1. The van der Waals surface area contributed by atoms with Crippen LogP contribution in [0.1, 0.15) is 51.4 Å². The summed E-state index contributed by atoms with van der Waals surface area (Å²) in [6.07, 6.45) is 10.7. The van der Waals surface area contributed by atoms with Gasteiger partial charge in [-0.1, -0.05) is 12.1 Å². The molecule has 0 amide bonds. The van der Waals surface area contributed by atoms with Gasteiger partial charge in [-0.15, -0.1) is 10.2 Å². The number of nitrogens with two attached hydrogens (primary N) is 1. The van der Waals surface area contributed by atoms with Gasteiger partial charge in [0.2, 0.25) is 5.88 Å². The number of nitrogen functional groups attached to an aromatic ring is 1. The number of esters is 1. The molecule has 46 heavy (non-hydrogen) atoms. The molecule has 3 saturated heterocycles. The highest BCUT2D eigenvalue weighted by molar-refractivity contribution is 5.75. The van der Waals surface area contributed by atoms with E-state index in [1.165, 1.54) is 20.0 Å². The van der Waals surface area contributed by atoms with Gasteiger partial charge >= 0.3 is 5.97 Å². The van der Waals surface area contributed by atoms with E-state index >= 15 is 0 Å². The molecule has 11 nitrogen and oxygen atoms in total. The molecule has 5 fully saturated rings. The van der Waals surface area contributed by atoms with E-state index < -0.39 is 0 Å². The zero-order valence-electron chi connectivity index (χ0n) is 26.4. The molecule has 11 heteroatoms. The van der Waals surface area contributed by atoms with Crippen LogP contribution in [0.3, 0.4) is 0 Å². The third-order valence-corrected chi connectivity index (χ3v) is 11.3. The molecule has 2 unspecified atom stereocenters. The SMILES string of the molecule is COC(=O)C1CC2(C1)CC(N1CCC(Oc3cc(N4C5CCC4CN(c4cc(-c6ccccc6O)nnc4N)C5)ccn3)CC1)C2. The van der Waals surface area contributed by atoms with Gasteiger partial charge in [-0.2, -0.15) is 0 Å². The first-order valence-electron chi connectivity index (χ1n) is 16.8. The van der Waals surface area contributed by atoms with Crippen molar-refractivity contribution in [2.45, 2.75) is 75.6 Å². The number of ether oxygens (including phenoxy) is 2. The Kier molecular flexibility index (Phi) is 7.38. The summed E-state index contributed by atoms with van der Waals surface area (Å²) in [4.78, 5) is 23.9. The van der Waals surface area contributed by atoms with E-state index in [1.807, 2.05) is 24.4 Å². The Morgan fingerprint density at radius 2 is 1.70 bits per heavy atom. The average molecular weight is 626 g/mol. The van der Waals surface area contributed by atoms with Crippen molar-refractivity contribution in [2.24, 2.45) is 11.3 Å². The molecule has 2 bridgehead atoms. The molecular formula is C35H43N7O4. The number of anilines is 3. The highest BCUT2D eigenvalue weighted by Gasteiger charge is 2.56. The van der Waals surface area contributed by atoms with E-state index in [4.69, 9.17) is 15.2 Å². The number of phenolic OH excluding ortho intramolecular Hbond substituents is 1. The molecule has 8 rings (SSSR count). The molecule has 0 radical (unpaired) electrons. The van der Waals surface area contributed by atoms with E-state index in [0.717, 1.165) is 76.1 Å². The van der Waals surface area contributed by atoms with Gasteiger partial charge in [0, 0.05) is 67.8 Å². The smallest absolute Gasteiger partial charge is 0.308 e. The summed E-state index contributed by atoms with van der Waals surface area (Å²) in [5, 5.41) is 18.9. The van der Waals surface area contributed by atoms with Gasteiger partial charge in [-0.3, -0.25) is 4.79 Å². The second kappa shape index (κ2) is 11.6. The van der Waals surface area contributed by atoms with Crippen LogP contribution in [0.15, 0.2) is 48.7 Å². The number of rotatable bonds is 7. The number of aromatic hydroxyl groups is 1. The number of phenols is 1. The van der Waals surface area contributed by atoms with Gasteiger partial charge < -0.3 is 35.0 Å². The highest BCUT2D eigenvalue weighted by Crippen LogP contribution is 2.60. The Labute approximate surface area is 269 Å². The molecule has 5 aliphatic rings. The number of pyridine rings is 1. The van der Waals surface area contributed by atoms with Crippen molar-refractivity contribution in [3.8, 4) is 22.9 Å². The highest BCUT2D eigenvalue weighted by atomic mass is 16.5. The Balaban J connectivity index is 0.871. The Hall–Kier alpha value is -4.12. The van der Waals surface area contributed by atoms with Crippen molar-refractivity contribution in [2.75, 3.05) is 48.8 Å². The zero-order valence-corrected chi connectivity index (χ0v) is 26.4. The fourth-order valence-electron chi connectivity index (χ4n) is 8.99. The minimum Gasteiger partial charge on any atom is -0.507 e. The molecule has 1 aromatic carbocycles. The number of aromatic nitrogens is 3. The summed E-state index contributed by atoms with van der Waals surface area (Å²) in [6.45, 7) is 3.76. The Morgan fingerprint density at radius 3 is 2.41 bits per heavy atom. The van der Waals surface area contributed by atoms with Crippen LogP contribution >= 0.6 is 0 Å². The first-order valence-corrected chi connectivity index (χ1v) is 16.8. The topological polar surface area (TPSA) is 130 Å². The van der Waals surface area contributed by atoms with E-state index in [0.29, 0.717) is 46.5 Å². The minimum atomic E-state index is -0.0347. The molecule has 3 aromatic rings. The van der Waals surface area contributed by atoms with Crippen molar-refractivity contribution in [1.29, 1.82) is 0 Å². The number of likely N-dealkylation sites (tertiary alicyclic amines) is 1. The van der Waals surface area contributed by atoms with E-state index in [9.17, 15) is 9.90 Å². The summed E-state index contributed by atoms with van der Waals surface area (Å²) < 4.78 is 11.4. The fraction of sp³-hybridized carbons (Fsp3) is 0.543. The fourth-order valence-corrected chi connectivity index (χ4v) is 8.99. The largest absolute Gasteiger partial charge is 0.507 e. The van der Waals surface area contributed by atoms with Crippen molar-refractivity contribution in [1.82, 2.24) is 20.1 Å². The Morgan fingerprint density at radius 1 is 0.957 bits per heavy atom. The monoisotopic (exact) mass is 625 g/mol. The maximum Gasteiger partial charge on any atom is 0.308 e. The number of benzene rings is 1. The molecule has 2 atom stereocenters. The molecular weight excluding hydrogens is 582 g/mol. The molecule has 2 aromatic heterocycles. The normalized spacial score (nSPS) is 29.3. The van der Waals surface area contributed by atoms with Crippen molar-refractivity contribution in [3.05, 3.63) is 48.7 Å². The predicted molar refractivity (Wildman–Crippen MR) is 175 cm³/mol. The summed E-state index contributed by atoms with van der Waals surface area (Å²) in [5.41, 5.74) is 10.0. The zero-order chi connectivity index (χ0) is 31.4. The third kappa shape index (κ3) is 5.28. The van der Waals surface area contributed by atoms with Crippen LogP contribution in [0.2, 0.25) is 0 Å². The first kappa shape index (κ1) is 29.3.